The monoisotopic (exact) mass is 984 g/mol. The number of amides is 1. The molecule has 0 bridgehead atoms. The van der Waals surface area contributed by atoms with Crippen molar-refractivity contribution in [3.63, 3.8) is 0 Å². The van der Waals surface area contributed by atoms with Crippen LogP contribution < -0.4 is 11.1 Å². The predicted octanol–water partition coefficient (Wildman–Crippen LogP) is 5.63. The number of esters is 1. The van der Waals surface area contributed by atoms with E-state index in [9.17, 15) is 42.6 Å². The normalized spacial score (nSPS) is 18.7. The Kier molecular flexibility index (Phi) is 12.8. The van der Waals surface area contributed by atoms with E-state index in [1.807, 2.05) is 81.1 Å². The molecule has 16 nitrogen and oxygen atoms in total. The van der Waals surface area contributed by atoms with Crippen LogP contribution in [0.3, 0.4) is 0 Å². The molecule has 3 aliphatic heterocycles. The number of fused-ring (bicyclic) bond motifs is 10. The number of sulfonamides is 1. The number of hydrogen-bond donors (Lipinski definition) is 2. The fraction of sp³-hybridized carbons (Fsp3) is 0.426. The zero-order valence-electron chi connectivity index (χ0n) is 41.5. The van der Waals surface area contributed by atoms with Crippen molar-refractivity contribution in [1.82, 2.24) is 28.3 Å². The van der Waals surface area contributed by atoms with Crippen LogP contribution in [0.2, 0.25) is 0 Å². The molecule has 7 heterocycles. The smallest absolute Gasteiger partial charge is 0.343 e. The maximum atomic E-state index is 13.6. The Labute approximate surface area is 412 Å². The average molecular weight is 985 g/mol. The highest BCUT2D eigenvalue weighted by atomic mass is 32.2. The molecule has 0 radical (unpaired) electrons. The van der Waals surface area contributed by atoms with Crippen LogP contribution in [0.1, 0.15) is 112 Å². The van der Waals surface area contributed by atoms with Gasteiger partial charge in [0.15, 0.2) is 11.4 Å². The highest BCUT2D eigenvalue weighted by Gasteiger charge is 2.46. The summed E-state index contributed by atoms with van der Waals surface area (Å²) in [5.41, 5.74) is 5.37. The Morgan fingerprint density at radius 2 is 1.21 bits per heavy atom. The summed E-state index contributed by atoms with van der Waals surface area (Å²) in [7, 11) is -3.39. The molecule has 1 aliphatic carbocycles. The standard InChI is InChI=1S/C27H31N3O5S.C27H29N3O5/c1-5-27(33)21-14-23-25-20(15-29(23)26(32)19(21)10-11-24(27)31)17(18-8-6-7-9-22(18)28-25)12-13-30(16(2)3)36(4,34)35;1-5-27(34)21-12-23-24-19(13-30(23)25(32)20(21)14-35-26(27)33)17(10-11-29(15(2)3)16(4)31)18-8-6-7-9-22(18)28-24/h6-9,14,16,33H,5,10-13,15H2,1-4H3;6-9,12,15,34H,5,10-11,13-14H2,1-4H3/t2*27-/m00/s1. The first-order valence-electron chi connectivity index (χ1n) is 24.4. The van der Waals surface area contributed by atoms with Crippen LogP contribution in [0.25, 0.3) is 44.6 Å². The van der Waals surface area contributed by atoms with Crippen molar-refractivity contribution in [3.8, 4) is 22.8 Å². The van der Waals surface area contributed by atoms with Crippen molar-refractivity contribution in [2.75, 3.05) is 19.3 Å². The highest BCUT2D eigenvalue weighted by molar-refractivity contribution is 7.88. The third kappa shape index (κ3) is 8.20. The van der Waals surface area contributed by atoms with Crippen LogP contribution in [0, 0.1) is 0 Å². The lowest BCUT2D eigenvalue weighted by atomic mass is 9.77. The maximum Gasteiger partial charge on any atom is 0.343 e. The minimum Gasteiger partial charge on any atom is -0.458 e. The third-order valence-electron chi connectivity index (χ3n) is 15.0. The summed E-state index contributed by atoms with van der Waals surface area (Å²) in [6, 6.07) is 18.9. The summed E-state index contributed by atoms with van der Waals surface area (Å²) in [6.45, 7) is 14.1. The first-order valence-corrected chi connectivity index (χ1v) is 26.2. The zero-order chi connectivity index (χ0) is 51.1. The lowest BCUT2D eigenvalue weighted by Gasteiger charge is -2.32. The van der Waals surface area contributed by atoms with Crippen molar-refractivity contribution in [1.29, 1.82) is 0 Å². The van der Waals surface area contributed by atoms with Gasteiger partial charge in [-0.3, -0.25) is 19.2 Å². The van der Waals surface area contributed by atoms with E-state index in [1.54, 1.807) is 42.0 Å². The van der Waals surface area contributed by atoms with Crippen molar-refractivity contribution in [2.45, 2.75) is 130 Å². The van der Waals surface area contributed by atoms with Crippen molar-refractivity contribution < 1.29 is 37.8 Å². The Bertz CT molecular complexity index is 3470. The van der Waals surface area contributed by atoms with Gasteiger partial charge in [-0.2, -0.15) is 4.31 Å². The first kappa shape index (κ1) is 49.6. The van der Waals surface area contributed by atoms with Crippen molar-refractivity contribution in [2.24, 2.45) is 0 Å². The van der Waals surface area contributed by atoms with E-state index in [-0.39, 0.29) is 60.8 Å². The minimum atomic E-state index is -3.39. The topological polar surface area (TPSA) is 211 Å². The fourth-order valence-corrected chi connectivity index (χ4v) is 12.4. The molecule has 0 spiro atoms. The predicted molar refractivity (Wildman–Crippen MR) is 269 cm³/mol. The number of pyridine rings is 4. The molecular formula is C54H60N6O10S. The number of benzene rings is 2. The average Bonchev–Trinajstić information content (AvgIpc) is 3.89. The van der Waals surface area contributed by atoms with Crippen molar-refractivity contribution >= 4 is 49.5 Å². The van der Waals surface area contributed by atoms with Gasteiger partial charge in [0.2, 0.25) is 15.9 Å². The van der Waals surface area contributed by atoms with E-state index in [1.165, 1.54) is 10.6 Å². The number of aromatic nitrogens is 4. The van der Waals surface area contributed by atoms with E-state index in [4.69, 9.17) is 14.7 Å². The molecule has 2 atom stereocenters. The number of ether oxygens (including phenoxy) is 1. The third-order valence-corrected chi connectivity index (χ3v) is 16.5. The van der Waals surface area contributed by atoms with E-state index < -0.39 is 27.2 Å². The van der Waals surface area contributed by atoms with E-state index >= 15 is 0 Å². The quantitative estimate of drug-likeness (QED) is 0.151. The molecule has 4 aromatic heterocycles. The van der Waals surface area contributed by atoms with Gasteiger partial charge in [-0.25, -0.2) is 23.2 Å². The van der Waals surface area contributed by atoms with Crippen LogP contribution in [0.15, 0.2) is 70.3 Å². The van der Waals surface area contributed by atoms with Crippen LogP contribution in [0.4, 0.5) is 0 Å². The van der Waals surface area contributed by atoms with Gasteiger partial charge in [0.1, 0.15) is 12.2 Å². The largest absolute Gasteiger partial charge is 0.458 e. The van der Waals surface area contributed by atoms with Gasteiger partial charge >= 0.3 is 5.97 Å². The number of aliphatic hydroxyl groups is 2. The summed E-state index contributed by atoms with van der Waals surface area (Å²) in [6.07, 6.45) is 3.05. The molecule has 1 amide bonds. The number of Topliss-reactive ketones (excluding diaryl/α,β-unsaturated/α-hetero) is 1. The summed E-state index contributed by atoms with van der Waals surface area (Å²) in [5.74, 6) is -0.979. The van der Waals surface area contributed by atoms with Gasteiger partial charge in [-0.05, 0) is 95.2 Å². The molecule has 372 valence electrons. The summed E-state index contributed by atoms with van der Waals surface area (Å²) in [4.78, 5) is 76.0. The number of carbonyl (C=O) groups is 3. The molecule has 17 heteroatoms. The lowest BCUT2D eigenvalue weighted by molar-refractivity contribution is -0.172. The van der Waals surface area contributed by atoms with E-state index in [2.05, 4.69) is 0 Å². The first-order chi connectivity index (χ1) is 33.6. The van der Waals surface area contributed by atoms with Gasteiger partial charge in [0.25, 0.3) is 11.1 Å². The molecule has 0 unspecified atom stereocenters. The van der Waals surface area contributed by atoms with Crippen molar-refractivity contribution in [3.05, 3.63) is 126 Å². The number of rotatable bonds is 11. The molecule has 4 aliphatic rings. The second kappa shape index (κ2) is 18.3. The molecule has 6 aromatic rings. The molecule has 2 N–H and O–H groups in total. The van der Waals surface area contributed by atoms with Gasteiger partial charge in [-0.1, -0.05) is 50.2 Å². The van der Waals surface area contributed by atoms with Gasteiger partial charge in [0, 0.05) is 77.1 Å². The van der Waals surface area contributed by atoms with Crippen LogP contribution in [-0.2, 0) is 79.3 Å². The number of para-hydroxylation sites is 2. The number of cyclic esters (lactones) is 1. The molecule has 10 rings (SSSR count). The van der Waals surface area contributed by atoms with Gasteiger partial charge in [-0.15, -0.1) is 0 Å². The molecule has 2 aromatic carbocycles. The number of nitrogens with zero attached hydrogens (tertiary/aromatic N) is 6. The molecule has 0 fully saturated rings. The van der Waals surface area contributed by atoms with Gasteiger partial charge in [0.05, 0.1) is 58.7 Å². The summed E-state index contributed by atoms with van der Waals surface area (Å²) in [5, 5.41) is 24.2. The van der Waals surface area contributed by atoms with Crippen LogP contribution in [0.5, 0.6) is 0 Å². The minimum absolute atomic E-state index is 0.0192. The highest BCUT2D eigenvalue weighted by Crippen LogP contribution is 2.43. The van der Waals surface area contributed by atoms with Gasteiger partial charge < -0.3 is 29.0 Å². The Morgan fingerprint density at radius 3 is 1.69 bits per heavy atom. The lowest BCUT2D eigenvalue weighted by Crippen LogP contribution is -2.44. The van der Waals surface area contributed by atoms with Crippen LogP contribution >= 0.6 is 0 Å². The van der Waals surface area contributed by atoms with Crippen LogP contribution in [-0.4, -0.2) is 96.0 Å². The SMILES string of the molecule is CC[C@@]1(O)C(=O)CCc2c1cc1n(c2=O)Cc2c-1nc1ccccc1c2CCN(C(C)C)S(C)(=O)=O.CC[C@@]1(O)C(=O)OCc2c1cc1n(c2=O)Cc2c-1nc1ccccc1c2CCN(C(C)=O)C(C)C. The number of ketones is 1. The molecule has 71 heavy (non-hydrogen) atoms. The second-order valence-corrected chi connectivity index (χ2v) is 21.6. The Balaban J connectivity index is 0.000000176. The number of hydrogen-bond acceptors (Lipinski definition) is 12. The summed E-state index contributed by atoms with van der Waals surface area (Å²) >= 11 is 0. The van der Waals surface area contributed by atoms with E-state index in [0.29, 0.717) is 90.5 Å². The number of carbonyl (C=O) groups excluding carboxylic acids is 3. The molecular weight excluding hydrogens is 925 g/mol. The zero-order valence-corrected chi connectivity index (χ0v) is 42.3. The molecule has 0 saturated carbocycles. The fourth-order valence-electron chi connectivity index (χ4n) is 11.2. The Morgan fingerprint density at radius 1 is 0.718 bits per heavy atom. The maximum absolute atomic E-state index is 13.6. The molecule has 0 saturated heterocycles. The second-order valence-electron chi connectivity index (χ2n) is 19.7. The summed E-state index contributed by atoms with van der Waals surface area (Å²) < 4.78 is 34.8. The Hall–Kier alpha value is -6.40. The van der Waals surface area contributed by atoms with E-state index in [0.717, 1.165) is 44.1 Å².